The molecule has 0 fully saturated rings. The predicted molar refractivity (Wildman–Crippen MR) is 92.7 cm³/mol. The summed E-state index contributed by atoms with van der Waals surface area (Å²) in [5, 5.41) is 6.75. The Kier molecular flexibility index (Phi) is 5.63. The fourth-order valence-corrected chi connectivity index (χ4v) is 2.60. The number of carbonyl (C=O) groups excluding carboxylic acids is 1. The van der Waals surface area contributed by atoms with Gasteiger partial charge in [0, 0.05) is 35.8 Å². The fourth-order valence-electron chi connectivity index (χ4n) is 2.02. The van der Waals surface area contributed by atoms with Crippen molar-refractivity contribution in [1.29, 1.82) is 0 Å². The Morgan fingerprint density at radius 1 is 1.40 bits per heavy atom. The summed E-state index contributed by atoms with van der Waals surface area (Å²) in [7, 11) is 0. The molecule has 0 unspecified atom stereocenters. The number of hydrogen-bond donors (Lipinski definition) is 0. The fraction of sp³-hybridized carbons (Fsp3) is 0.235. The van der Waals surface area contributed by atoms with Crippen molar-refractivity contribution in [3.05, 3.63) is 52.6 Å². The number of rotatable bonds is 7. The molecule has 7 nitrogen and oxygen atoms in total. The molecule has 0 radical (unpaired) electrons. The van der Waals surface area contributed by atoms with Gasteiger partial charge in [0.2, 0.25) is 11.7 Å². The Balaban J connectivity index is 1.40. The van der Waals surface area contributed by atoms with Gasteiger partial charge in [-0.3, -0.25) is 4.98 Å². The lowest BCUT2D eigenvalue weighted by Crippen LogP contribution is -2.03. The van der Waals surface area contributed by atoms with Crippen LogP contribution < -0.4 is 0 Å². The minimum atomic E-state index is -0.396. The molecule has 8 heteroatoms. The molecule has 0 aliphatic rings. The molecule has 128 valence electrons. The summed E-state index contributed by atoms with van der Waals surface area (Å²) in [5.41, 5.74) is 1.56. The zero-order valence-electron chi connectivity index (χ0n) is 13.6. The van der Waals surface area contributed by atoms with Crippen LogP contribution in [-0.2, 0) is 16.0 Å². The van der Waals surface area contributed by atoms with E-state index in [1.165, 1.54) is 17.4 Å². The van der Waals surface area contributed by atoms with Gasteiger partial charge in [0.15, 0.2) is 0 Å². The summed E-state index contributed by atoms with van der Waals surface area (Å²) in [6, 6.07) is 3.67. The van der Waals surface area contributed by atoms with Gasteiger partial charge in [0.25, 0.3) is 0 Å². The third kappa shape index (κ3) is 5.05. The molecule has 0 aliphatic heterocycles. The first kappa shape index (κ1) is 17.0. The Morgan fingerprint density at radius 3 is 3.08 bits per heavy atom. The number of carbonyl (C=O) groups is 1. The van der Waals surface area contributed by atoms with E-state index in [9.17, 15) is 4.79 Å². The number of esters is 1. The lowest BCUT2D eigenvalue weighted by Gasteiger charge is -1.99. The summed E-state index contributed by atoms with van der Waals surface area (Å²) < 4.78 is 10.3. The topological polar surface area (TPSA) is 91.0 Å². The molecule has 0 aliphatic carbocycles. The summed E-state index contributed by atoms with van der Waals surface area (Å²) in [6.07, 6.45) is 7.51. The van der Waals surface area contributed by atoms with Gasteiger partial charge in [0.05, 0.1) is 17.3 Å². The number of pyridine rings is 1. The van der Waals surface area contributed by atoms with Gasteiger partial charge in [-0.1, -0.05) is 5.16 Å². The Hall–Kier alpha value is -2.87. The molecule has 0 saturated heterocycles. The van der Waals surface area contributed by atoms with E-state index in [-0.39, 0.29) is 6.61 Å². The third-order valence-electron chi connectivity index (χ3n) is 3.19. The first-order valence-electron chi connectivity index (χ1n) is 7.70. The van der Waals surface area contributed by atoms with Crippen LogP contribution in [0.15, 0.2) is 40.5 Å². The van der Waals surface area contributed by atoms with Crippen LogP contribution in [0.3, 0.4) is 0 Å². The molecule has 3 aromatic rings. The Labute approximate surface area is 148 Å². The average molecular weight is 356 g/mol. The van der Waals surface area contributed by atoms with Gasteiger partial charge in [-0.15, -0.1) is 11.3 Å². The van der Waals surface area contributed by atoms with Crippen molar-refractivity contribution in [3.8, 4) is 11.4 Å². The second-order valence-electron chi connectivity index (χ2n) is 5.15. The number of hydrogen-bond acceptors (Lipinski definition) is 8. The van der Waals surface area contributed by atoms with Crippen molar-refractivity contribution in [2.45, 2.75) is 19.8 Å². The van der Waals surface area contributed by atoms with Crippen molar-refractivity contribution < 1.29 is 14.1 Å². The standard InChI is InChI=1S/C17H16N4O3S/c1-12-19-14(11-25-12)6-7-16(22)23-9-3-5-15-20-17(21-24-15)13-4-2-8-18-10-13/h2,4,6-8,10-11H,3,5,9H2,1H3/b7-6+. The highest BCUT2D eigenvalue weighted by molar-refractivity contribution is 7.09. The van der Waals surface area contributed by atoms with Crippen LogP contribution in [0.5, 0.6) is 0 Å². The van der Waals surface area contributed by atoms with Crippen molar-refractivity contribution in [2.75, 3.05) is 6.61 Å². The van der Waals surface area contributed by atoms with E-state index in [4.69, 9.17) is 9.26 Å². The van der Waals surface area contributed by atoms with Gasteiger partial charge in [-0.05, 0) is 31.6 Å². The normalized spacial score (nSPS) is 11.1. The second-order valence-corrected chi connectivity index (χ2v) is 6.21. The Morgan fingerprint density at radius 2 is 2.32 bits per heavy atom. The first-order chi connectivity index (χ1) is 12.2. The number of thiazole rings is 1. The van der Waals surface area contributed by atoms with Gasteiger partial charge < -0.3 is 9.26 Å². The smallest absolute Gasteiger partial charge is 0.330 e. The monoisotopic (exact) mass is 356 g/mol. The SMILES string of the molecule is Cc1nc(/C=C/C(=O)OCCCc2nc(-c3cccnc3)no2)cs1. The molecule has 0 saturated carbocycles. The number of aromatic nitrogens is 4. The van der Waals surface area contributed by atoms with E-state index in [1.54, 1.807) is 18.5 Å². The molecule has 3 rings (SSSR count). The molecule has 0 atom stereocenters. The largest absolute Gasteiger partial charge is 0.463 e. The molecule has 0 amide bonds. The van der Waals surface area contributed by atoms with E-state index in [1.807, 2.05) is 24.4 Å². The molecule has 0 spiro atoms. The quantitative estimate of drug-likeness (QED) is 0.365. The third-order valence-corrected chi connectivity index (χ3v) is 3.99. The lowest BCUT2D eigenvalue weighted by molar-refractivity contribution is -0.137. The molecular formula is C17H16N4O3S. The zero-order chi connectivity index (χ0) is 17.5. The minimum Gasteiger partial charge on any atom is -0.463 e. The number of nitrogens with zero attached hydrogens (tertiary/aromatic N) is 4. The second kappa shape index (κ2) is 8.29. The molecule has 0 bridgehead atoms. The molecule has 0 aromatic carbocycles. The van der Waals surface area contributed by atoms with Crippen LogP contribution in [0.2, 0.25) is 0 Å². The summed E-state index contributed by atoms with van der Waals surface area (Å²) in [5.74, 6) is 0.609. The molecule has 3 aromatic heterocycles. The summed E-state index contributed by atoms with van der Waals surface area (Å²) in [6.45, 7) is 2.20. The van der Waals surface area contributed by atoms with Crippen molar-refractivity contribution >= 4 is 23.4 Å². The van der Waals surface area contributed by atoms with Crippen LogP contribution >= 0.6 is 11.3 Å². The van der Waals surface area contributed by atoms with Crippen molar-refractivity contribution in [3.63, 3.8) is 0 Å². The van der Waals surface area contributed by atoms with E-state index in [0.29, 0.717) is 24.6 Å². The molecule has 0 N–H and O–H groups in total. The number of aryl methyl sites for hydroxylation is 2. The highest BCUT2D eigenvalue weighted by Crippen LogP contribution is 2.14. The van der Waals surface area contributed by atoms with Crippen molar-refractivity contribution in [2.24, 2.45) is 0 Å². The predicted octanol–water partition coefficient (Wildman–Crippen LogP) is 3.09. The van der Waals surface area contributed by atoms with Gasteiger partial charge >= 0.3 is 5.97 Å². The molecule has 3 heterocycles. The van der Waals surface area contributed by atoms with Crippen LogP contribution in [0.1, 0.15) is 23.0 Å². The Bertz CT molecular complexity index is 858. The number of ether oxygens (including phenoxy) is 1. The van der Waals surface area contributed by atoms with Gasteiger partial charge in [0.1, 0.15) is 0 Å². The lowest BCUT2D eigenvalue weighted by atomic mass is 10.3. The van der Waals surface area contributed by atoms with E-state index in [2.05, 4.69) is 20.1 Å². The molecule has 25 heavy (non-hydrogen) atoms. The van der Waals surface area contributed by atoms with Gasteiger partial charge in [-0.2, -0.15) is 4.98 Å². The maximum atomic E-state index is 11.6. The summed E-state index contributed by atoms with van der Waals surface area (Å²) in [4.78, 5) is 24.2. The van der Waals surface area contributed by atoms with Crippen LogP contribution in [0.25, 0.3) is 17.5 Å². The average Bonchev–Trinajstić information content (AvgIpc) is 3.27. The maximum Gasteiger partial charge on any atom is 0.330 e. The molecular weight excluding hydrogens is 340 g/mol. The first-order valence-corrected chi connectivity index (χ1v) is 8.58. The minimum absolute atomic E-state index is 0.282. The summed E-state index contributed by atoms with van der Waals surface area (Å²) >= 11 is 1.53. The van der Waals surface area contributed by atoms with Crippen LogP contribution in [0, 0.1) is 6.92 Å². The zero-order valence-corrected chi connectivity index (χ0v) is 14.4. The van der Waals surface area contributed by atoms with Gasteiger partial charge in [-0.25, -0.2) is 9.78 Å². The van der Waals surface area contributed by atoms with E-state index >= 15 is 0 Å². The maximum absolute atomic E-state index is 11.6. The van der Waals surface area contributed by atoms with E-state index < -0.39 is 5.97 Å². The highest BCUT2D eigenvalue weighted by atomic mass is 32.1. The highest BCUT2D eigenvalue weighted by Gasteiger charge is 2.08. The van der Waals surface area contributed by atoms with Crippen LogP contribution in [0.4, 0.5) is 0 Å². The van der Waals surface area contributed by atoms with E-state index in [0.717, 1.165) is 16.3 Å². The van der Waals surface area contributed by atoms with Crippen LogP contribution in [-0.4, -0.2) is 32.7 Å². The van der Waals surface area contributed by atoms with Crippen molar-refractivity contribution in [1.82, 2.24) is 20.1 Å².